The van der Waals surface area contributed by atoms with E-state index in [0.29, 0.717) is 35.1 Å². The van der Waals surface area contributed by atoms with E-state index in [9.17, 15) is 4.79 Å². The lowest BCUT2D eigenvalue weighted by Gasteiger charge is -2.11. The molecule has 2 aromatic rings. The zero-order valence-electron chi connectivity index (χ0n) is 14.9. The van der Waals surface area contributed by atoms with Crippen molar-refractivity contribution in [2.45, 2.75) is 6.42 Å². The maximum atomic E-state index is 12.4. The number of oxime groups is 1. The summed E-state index contributed by atoms with van der Waals surface area (Å²) in [4.78, 5) is 17.2. The molecule has 0 saturated heterocycles. The summed E-state index contributed by atoms with van der Waals surface area (Å²) in [7, 11) is 4.57. The van der Waals surface area contributed by atoms with Crippen LogP contribution in [0.3, 0.4) is 0 Å². The van der Waals surface area contributed by atoms with Gasteiger partial charge in [-0.2, -0.15) is 0 Å². The third-order valence-electron chi connectivity index (χ3n) is 3.66. The fourth-order valence-corrected chi connectivity index (χ4v) is 2.49. The molecule has 1 amide bonds. The van der Waals surface area contributed by atoms with Crippen LogP contribution in [0, 0.1) is 0 Å². The van der Waals surface area contributed by atoms with Crippen LogP contribution in [0.25, 0.3) is 0 Å². The number of nitrogens with zero attached hydrogens (tertiary/aromatic N) is 1. The number of ether oxygens (including phenoxy) is 2. The van der Waals surface area contributed by atoms with Crippen LogP contribution >= 0.6 is 11.6 Å². The third kappa shape index (κ3) is 5.13. The van der Waals surface area contributed by atoms with Crippen LogP contribution in [0.5, 0.6) is 11.5 Å². The maximum Gasteiger partial charge on any atom is 0.273 e. The Bertz CT molecular complexity index is 776. The molecule has 138 valence electrons. The van der Waals surface area contributed by atoms with Crippen molar-refractivity contribution in [1.29, 1.82) is 0 Å². The molecule has 7 heteroatoms. The Morgan fingerprint density at radius 3 is 2.35 bits per heavy atom. The van der Waals surface area contributed by atoms with Gasteiger partial charge in [0.05, 0.1) is 14.2 Å². The minimum Gasteiger partial charge on any atom is -0.493 e. The molecule has 0 unspecified atom stereocenters. The topological polar surface area (TPSA) is 69.2 Å². The summed E-state index contributed by atoms with van der Waals surface area (Å²) in [5.74, 6) is 0.992. The van der Waals surface area contributed by atoms with Gasteiger partial charge < -0.3 is 19.6 Å². The highest BCUT2D eigenvalue weighted by Gasteiger charge is 2.15. The summed E-state index contributed by atoms with van der Waals surface area (Å²) in [5, 5.41) is 7.25. The van der Waals surface area contributed by atoms with E-state index in [1.54, 1.807) is 38.5 Å². The molecule has 0 aromatic heterocycles. The predicted octanol–water partition coefficient (Wildman–Crippen LogP) is 3.07. The van der Waals surface area contributed by atoms with Gasteiger partial charge in [0.15, 0.2) is 17.2 Å². The van der Waals surface area contributed by atoms with E-state index in [1.165, 1.54) is 7.11 Å². The first kappa shape index (κ1) is 19.6. The van der Waals surface area contributed by atoms with Crippen molar-refractivity contribution in [2.75, 3.05) is 27.9 Å². The average molecular weight is 377 g/mol. The van der Waals surface area contributed by atoms with Crippen molar-refractivity contribution < 1.29 is 19.1 Å². The van der Waals surface area contributed by atoms with Crippen LogP contribution in [0.1, 0.15) is 11.1 Å². The number of amides is 1. The Morgan fingerprint density at radius 1 is 1.04 bits per heavy atom. The molecular formula is C19H21ClN2O4. The molecule has 0 spiro atoms. The fraction of sp³-hybridized carbons (Fsp3) is 0.263. The van der Waals surface area contributed by atoms with E-state index >= 15 is 0 Å². The van der Waals surface area contributed by atoms with Gasteiger partial charge >= 0.3 is 0 Å². The number of carbonyl (C=O) groups excluding carboxylic acids is 1. The number of carbonyl (C=O) groups is 1. The maximum absolute atomic E-state index is 12.4. The van der Waals surface area contributed by atoms with E-state index < -0.39 is 0 Å². The van der Waals surface area contributed by atoms with Crippen molar-refractivity contribution in [2.24, 2.45) is 5.16 Å². The minimum atomic E-state index is -0.324. The molecular weight excluding hydrogens is 356 g/mol. The molecule has 0 aliphatic carbocycles. The smallest absolute Gasteiger partial charge is 0.273 e. The number of benzene rings is 2. The molecule has 0 aliphatic heterocycles. The van der Waals surface area contributed by atoms with E-state index in [4.69, 9.17) is 25.9 Å². The number of halogens is 1. The largest absolute Gasteiger partial charge is 0.493 e. The predicted molar refractivity (Wildman–Crippen MR) is 101 cm³/mol. The van der Waals surface area contributed by atoms with Gasteiger partial charge in [-0.25, -0.2) is 0 Å². The van der Waals surface area contributed by atoms with Gasteiger partial charge in [-0.1, -0.05) is 35.0 Å². The molecule has 0 heterocycles. The molecule has 6 nitrogen and oxygen atoms in total. The third-order valence-corrected chi connectivity index (χ3v) is 3.91. The Hall–Kier alpha value is -2.73. The lowest BCUT2D eigenvalue weighted by Crippen LogP contribution is -2.33. The van der Waals surface area contributed by atoms with Crippen LogP contribution in [0.2, 0.25) is 5.02 Å². The monoisotopic (exact) mass is 376 g/mol. The molecule has 0 radical (unpaired) electrons. The van der Waals surface area contributed by atoms with Crippen molar-refractivity contribution >= 4 is 23.2 Å². The lowest BCUT2D eigenvalue weighted by atomic mass is 10.1. The average Bonchev–Trinajstić information content (AvgIpc) is 2.66. The number of nitrogens with one attached hydrogen (secondary N) is 1. The van der Waals surface area contributed by atoms with E-state index in [2.05, 4.69) is 10.5 Å². The van der Waals surface area contributed by atoms with Crippen molar-refractivity contribution in [3.63, 3.8) is 0 Å². The summed E-state index contributed by atoms with van der Waals surface area (Å²) in [6.07, 6.45) is 0.632. The highest BCUT2D eigenvalue weighted by Crippen LogP contribution is 2.27. The van der Waals surface area contributed by atoms with E-state index in [1.807, 2.05) is 18.2 Å². The summed E-state index contributed by atoms with van der Waals surface area (Å²) in [5.41, 5.74) is 1.83. The zero-order valence-corrected chi connectivity index (χ0v) is 15.7. The van der Waals surface area contributed by atoms with Crippen molar-refractivity contribution in [3.05, 3.63) is 58.6 Å². The molecule has 0 saturated carbocycles. The van der Waals surface area contributed by atoms with Crippen LogP contribution in [-0.2, 0) is 16.1 Å². The van der Waals surface area contributed by atoms with Gasteiger partial charge in [0, 0.05) is 17.1 Å². The van der Waals surface area contributed by atoms with Crippen LogP contribution < -0.4 is 14.8 Å². The van der Waals surface area contributed by atoms with Crippen LogP contribution in [0.15, 0.2) is 47.6 Å². The van der Waals surface area contributed by atoms with Crippen molar-refractivity contribution in [1.82, 2.24) is 5.32 Å². The summed E-state index contributed by atoms with van der Waals surface area (Å²) >= 11 is 5.88. The molecule has 0 atom stereocenters. The number of rotatable bonds is 8. The zero-order chi connectivity index (χ0) is 18.9. The standard InChI is InChI=1S/C19H21ClN2O4/c1-24-16-9-4-13(12-17(16)25-2)10-11-21-19(23)18(22-26-3)14-5-7-15(20)8-6-14/h4-9,12H,10-11H2,1-3H3,(H,21,23). The quantitative estimate of drug-likeness (QED) is 0.568. The Labute approximate surface area is 157 Å². The molecule has 0 fully saturated rings. The first-order valence-corrected chi connectivity index (χ1v) is 8.33. The van der Waals surface area contributed by atoms with E-state index in [0.717, 1.165) is 5.56 Å². The fourth-order valence-electron chi connectivity index (χ4n) is 2.36. The number of methoxy groups -OCH3 is 2. The van der Waals surface area contributed by atoms with Gasteiger partial charge in [-0.3, -0.25) is 4.79 Å². The Kier molecular flexibility index (Phi) is 7.29. The van der Waals surface area contributed by atoms with Crippen LogP contribution in [0.4, 0.5) is 0 Å². The summed E-state index contributed by atoms with van der Waals surface area (Å²) in [6, 6.07) is 12.5. The first-order chi connectivity index (χ1) is 12.6. The molecule has 2 rings (SSSR count). The minimum absolute atomic E-state index is 0.191. The second-order valence-electron chi connectivity index (χ2n) is 5.32. The number of hydrogen-bond donors (Lipinski definition) is 1. The molecule has 0 aliphatic rings. The molecule has 1 N–H and O–H groups in total. The SMILES string of the molecule is CON=C(C(=O)NCCc1ccc(OC)c(OC)c1)c1ccc(Cl)cc1. The van der Waals surface area contributed by atoms with Gasteiger partial charge in [-0.05, 0) is 36.2 Å². The van der Waals surface area contributed by atoms with Gasteiger partial charge in [0.2, 0.25) is 0 Å². The second-order valence-corrected chi connectivity index (χ2v) is 5.76. The van der Waals surface area contributed by atoms with Crippen molar-refractivity contribution in [3.8, 4) is 11.5 Å². The van der Waals surface area contributed by atoms with Crippen LogP contribution in [-0.4, -0.2) is 39.5 Å². The van der Waals surface area contributed by atoms with Gasteiger partial charge in [0.1, 0.15) is 7.11 Å². The normalized spacial score (nSPS) is 11.0. The highest BCUT2D eigenvalue weighted by molar-refractivity contribution is 6.45. The highest BCUT2D eigenvalue weighted by atomic mass is 35.5. The first-order valence-electron chi connectivity index (χ1n) is 7.95. The summed E-state index contributed by atoms with van der Waals surface area (Å²) < 4.78 is 10.5. The Morgan fingerprint density at radius 2 is 1.73 bits per heavy atom. The Balaban J connectivity index is 2.00. The summed E-state index contributed by atoms with van der Waals surface area (Å²) in [6.45, 7) is 0.435. The van der Waals surface area contributed by atoms with Gasteiger partial charge in [0.25, 0.3) is 5.91 Å². The van der Waals surface area contributed by atoms with E-state index in [-0.39, 0.29) is 11.6 Å². The molecule has 26 heavy (non-hydrogen) atoms. The lowest BCUT2D eigenvalue weighted by molar-refractivity contribution is -0.114. The van der Waals surface area contributed by atoms with Gasteiger partial charge in [-0.15, -0.1) is 0 Å². The molecule has 2 aromatic carbocycles. The molecule has 0 bridgehead atoms. The number of hydrogen-bond acceptors (Lipinski definition) is 5. The second kappa shape index (κ2) is 9.68.